The highest BCUT2D eigenvalue weighted by Crippen LogP contribution is 2.18. The van der Waals surface area contributed by atoms with Gasteiger partial charge in [-0.3, -0.25) is 0 Å². The van der Waals surface area contributed by atoms with E-state index >= 15 is 0 Å². The topological polar surface area (TPSA) is 24.5 Å². The number of nitrogens with zero attached hydrogens (tertiary/aromatic N) is 1. The second kappa shape index (κ2) is 5.69. The average Bonchev–Trinajstić information content (AvgIpc) is 2.52. The lowest BCUT2D eigenvalue weighted by Crippen LogP contribution is -2.47. The molecule has 0 amide bonds. The smallest absolute Gasteiger partial charge is 0.0593 e. The van der Waals surface area contributed by atoms with Crippen molar-refractivity contribution < 1.29 is 4.74 Å². The monoisotopic (exact) mass is 200 g/mol. The van der Waals surface area contributed by atoms with Crippen molar-refractivity contribution in [3.63, 3.8) is 0 Å². The number of nitrogens with one attached hydrogen (secondary N) is 1. The van der Waals surface area contributed by atoms with Gasteiger partial charge in [-0.25, -0.2) is 0 Å². The Morgan fingerprint density at radius 2 is 2.29 bits per heavy atom. The van der Waals surface area contributed by atoms with Crippen LogP contribution in [0.15, 0.2) is 0 Å². The molecule has 1 rings (SSSR count). The molecule has 0 spiro atoms. The van der Waals surface area contributed by atoms with Gasteiger partial charge >= 0.3 is 0 Å². The van der Waals surface area contributed by atoms with Crippen LogP contribution in [0.2, 0.25) is 0 Å². The van der Waals surface area contributed by atoms with Crippen LogP contribution < -0.4 is 5.32 Å². The molecule has 1 saturated heterocycles. The third-order valence-corrected chi connectivity index (χ3v) is 2.90. The first kappa shape index (κ1) is 12.0. The Kier molecular flexibility index (Phi) is 4.85. The molecule has 0 bridgehead atoms. The minimum absolute atomic E-state index is 0.334. The molecule has 0 aromatic rings. The standard InChI is InChI=1S/C11H24N2O/c1-4-14-9-8-13(3)10-11(2)6-5-7-12-11/h12H,4-10H2,1-3H3. The predicted octanol–water partition coefficient (Wildman–Crippen LogP) is 1.10. The molecule has 0 radical (unpaired) electrons. The van der Waals surface area contributed by atoms with Crippen LogP contribution in [0.4, 0.5) is 0 Å². The molecule has 1 fully saturated rings. The summed E-state index contributed by atoms with van der Waals surface area (Å²) in [6, 6.07) is 0. The molecule has 1 atom stereocenters. The van der Waals surface area contributed by atoms with Gasteiger partial charge in [0.15, 0.2) is 0 Å². The van der Waals surface area contributed by atoms with E-state index in [4.69, 9.17) is 4.74 Å². The van der Waals surface area contributed by atoms with Crippen molar-refractivity contribution in [2.24, 2.45) is 0 Å². The third-order valence-electron chi connectivity index (χ3n) is 2.90. The minimum Gasteiger partial charge on any atom is -0.380 e. The summed E-state index contributed by atoms with van der Waals surface area (Å²) in [6.45, 7) is 9.37. The largest absolute Gasteiger partial charge is 0.380 e. The van der Waals surface area contributed by atoms with Gasteiger partial charge in [0.25, 0.3) is 0 Å². The number of hydrogen-bond donors (Lipinski definition) is 1. The second-order valence-electron chi connectivity index (χ2n) is 4.53. The van der Waals surface area contributed by atoms with Crippen LogP contribution in [0.5, 0.6) is 0 Å². The minimum atomic E-state index is 0.334. The molecular weight excluding hydrogens is 176 g/mol. The first-order chi connectivity index (χ1) is 6.66. The molecule has 1 aliphatic rings. The first-order valence-corrected chi connectivity index (χ1v) is 5.67. The predicted molar refractivity (Wildman–Crippen MR) is 59.6 cm³/mol. The lowest BCUT2D eigenvalue weighted by Gasteiger charge is -2.30. The Labute approximate surface area is 87.8 Å². The van der Waals surface area contributed by atoms with E-state index in [0.717, 1.165) is 26.3 Å². The summed E-state index contributed by atoms with van der Waals surface area (Å²) in [7, 11) is 2.17. The zero-order chi connectivity index (χ0) is 10.4. The molecule has 3 nitrogen and oxygen atoms in total. The lowest BCUT2D eigenvalue weighted by atomic mass is 10.00. The molecule has 14 heavy (non-hydrogen) atoms. The van der Waals surface area contributed by atoms with Crippen molar-refractivity contribution in [3.05, 3.63) is 0 Å². The summed E-state index contributed by atoms with van der Waals surface area (Å²) in [5.74, 6) is 0. The van der Waals surface area contributed by atoms with E-state index < -0.39 is 0 Å². The van der Waals surface area contributed by atoms with Crippen LogP contribution in [0, 0.1) is 0 Å². The van der Waals surface area contributed by atoms with Crippen LogP contribution >= 0.6 is 0 Å². The number of rotatable bonds is 6. The summed E-state index contributed by atoms with van der Waals surface area (Å²) in [5, 5.41) is 3.57. The first-order valence-electron chi connectivity index (χ1n) is 5.67. The highest BCUT2D eigenvalue weighted by Gasteiger charge is 2.28. The zero-order valence-corrected chi connectivity index (χ0v) is 9.81. The molecule has 3 heteroatoms. The van der Waals surface area contributed by atoms with Gasteiger partial charge in [0.05, 0.1) is 6.61 Å². The van der Waals surface area contributed by atoms with E-state index in [-0.39, 0.29) is 0 Å². The Morgan fingerprint density at radius 1 is 1.50 bits per heavy atom. The van der Waals surface area contributed by atoms with E-state index in [0.29, 0.717) is 5.54 Å². The molecule has 1 N–H and O–H groups in total. The zero-order valence-electron chi connectivity index (χ0n) is 9.81. The maximum absolute atomic E-state index is 5.34. The summed E-state index contributed by atoms with van der Waals surface area (Å²) < 4.78 is 5.34. The Balaban J connectivity index is 2.15. The van der Waals surface area contributed by atoms with Crippen LogP contribution in [-0.4, -0.2) is 50.3 Å². The van der Waals surface area contributed by atoms with Crippen LogP contribution in [-0.2, 0) is 4.74 Å². The van der Waals surface area contributed by atoms with Crippen LogP contribution in [0.25, 0.3) is 0 Å². The maximum Gasteiger partial charge on any atom is 0.0593 e. The number of hydrogen-bond acceptors (Lipinski definition) is 3. The average molecular weight is 200 g/mol. The van der Waals surface area contributed by atoms with Crippen molar-refractivity contribution in [2.75, 3.05) is 39.9 Å². The maximum atomic E-state index is 5.34. The summed E-state index contributed by atoms with van der Waals surface area (Å²) in [4.78, 5) is 2.36. The Bertz CT molecular complexity index is 155. The molecule has 1 aliphatic heterocycles. The van der Waals surface area contributed by atoms with Gasteiger partial charge in [0.1, 0.15) is 0 Å². The number of ether oxygens (including phenoxy) is 1. The number of likely N-dealkylation sites (N-methyl/N-ethyl adjacent to an activating group) is 1. The molecular formula is C11H24N2O. The fourth-order valence-corrected chi connectivity index (χ4v) is 2.13. The molecule has 1 heterocycles. The molecule has 0 aromatic heterocycles. The highest BCUT2D eigenvalue weighted by atomic mass is 16.5. The van der Waals surface area contributed by atoms with Crippen LogP contribution in [0.3, 0.4) is 0 Å². The van der Waals surface area contributed by atoms with Crippen molar-refractivity contribution in [3.8, 4) is 0 Å². The van der Waals surface area contributed by atoms with Gasteiger partial charge in [-0.2, -0.15) is 0 Å². The third kappa shape index (κ3) is 3.95. The van der Waals surface area contributed by atoms with E-state index in [1.54, 1.807) is 0 Å². The molecule has 1 unspecified atom stereocenters. The van der Waals surface area contributed by atoms with E-state index in [1.807, 2.05) is 6.92 Å². The van der Waals surface area contributed by atoms with Gasteiger partial charge in [-0.05, 0) is 40.3 Å². The van der Waals surface area contributed by atoms with Crippen molar-refractivity contribution in [1.82, 2.24) is 10.2 Å². The normalized spacial score (nSPS) is 27.4. The van der Waals surface area contributed by atoms with Gasteiger partial charge in [-0.15, -0.1) is 0 Å². The Morgan fingerprint density at radius 3 is 2.86 bits per heavy atom. The van der Waals surface area contributed by atoms with Gasteiger partial charge < -0.3 is 15.0 Å². The lowest BCUT2D eigenvalue weighted by molar-refractivity contribution is 0.113. The molecule has 0 aromatic carbocycles. The SMILES string of the molecule is CCOCCN(C)CC1(C)CCCN1. The summed E-state index contributed by atoms with van der Waals surface area (Å²) in [6.07, 6.45) is 2.61. The van der Waals surface area contributed by atoms with Gasteiger partial charge in [0, 0.05) is 25.2 Å². The molecule has 0 aliphatic carbocycles. The van der Waals surface area contributed by atoms with E-state index in [1.165, 1.54) is 19.4 Å². The van der Waals surface area contributed by atoms with Crippen LogP contribution in [0.1, 0.15) is 26.7 Å². The van der Waals surface area contributed by atoms with Crippen molar-refractivity contribution in [1.29, 1.82) is 0 Å². The van der Waals surface area contributed by atoms with Crippen molar-refractivity contribution >= 4 is 0 Å². The summed E-state index contributed by atoms with van der Waals surface area (Å²) in [5.41, 5.74) is 0.334. The molecule has 0 saturated carbocycles. The van der Waals surface area contributed by atoms with Gasteiger partial charge in [-0.1, -0.05) is 0 Å². The fourth-order valence-electron chi connectivity index (χ4n) is 2.13. The van der Waals surface area contributed by atoms with E-state index in [2.05, 4.69) is 24.2 Å². The highest BCUT2D eigenvalue weighted by molar-refractivity contribution is 4.90. The van der Waals surface area contributed by atoms with Gasteiger partial charge in [0.2, 0.25) is 0 Å². The molecule has 84 valence electrons. The van der Waals surface area contributed by atoms with Crippen molar-refractivity contribution in [2.45, 2.75) is 32.2 Å². The second-order valence-corrected chi connectivity index (χ2v) is 4.53. The summed E-state index contributed by atoms with van der Waals surface area (Å²) >= 11 is 0. The van der Waals surface area contributed by atoms with E-state index in [9.17, 15) is 0 Å². The quantitative estimate of drug-likeness (QED) is 0.650. The fraction of sp³-hybridized carbons (Fsp3) is 1.00. The Hall–Kier alpha value is -0.120.